The molecule has 4 heteroatoms. The maximum absolute atomic E-state index is 8.28. The third-order valence-electron chi connectivity index (χ3n) is 2.92. The molecule has 1 saturated carbocycles. The topological polar surface area (TPSA) is 60.8 Å². The molecule has 0 bridgehead atoms. The monoisotopic (exact) mass is 152 g/mol. The van der Waals surface area contributed by atoms with Gasteiger partial charge < -0.3 is 5.32 Å². The first-order chi connectivity index (χ1) is 5.42. The van der Waals surface area contributed by atoms with Crippen LogP contribution >= 0.6 is 0 Å². The highest BCUT2D eigenvalue weighted by atomic mass is 15.2. The summed E-state index contributed by atoms with van der Waals surface area (Å²) in [7, 11) is 0. The minimum atomic E-state index is 0.278. The molecule has 0 aromatic carbocycles. The van der Waals surface area contributed by atoms with Crippen LogP contribution in [0.4, 0.5) is 0 Å². The second kappa shape index (κ2) is 2.72. The van der Waals surface area contributed by atoms with Crippen molar-refractivity contribution in [2.75, 3.05) is 13.1 Å². The molecule has 2 fully saturated rings. The molecule has 1 unspecified atom stereocenters. The maximum atomic E-state index is 8.28. The Bertz CT molecular complexity index is 197. The van der Waals surface area contributed by atoms with Gasteiger partial charge in [-0.25, -0.2) is 0 Å². The van der Waals surface area contributed by atoms with E-state index in [-0.39, 0.29) is 6.04 Å². The van der Waals surface area contributed by atoms with Crippen molar-refractivity contribution >= 4 is 0 Å². The predicted octanol–water partition coefficient (Wildman–Crippen LogP) is 1.29. The molecule has 1 heterocycles. The Morgan fingerprint density at radius 3 is 3.09 bits per heavy atom. The Balaban J connectivity index is 2.08. The fourth-order valence-electron chi connectivity index (χ4n) is 2.33. The van der Waals surface area contributed by atoms with Gasteiger partial charge in [-0.05, 0) is 43.3 Å². The largest absolute Gasteiger partial charge is 0.316 e. The molecule has 2 rings (SSSR count). The fourth-order valence-corrected chi connectivity index (χ4v) is 2.33. The molecule has 1 N–H and O–H groups in total. The van der Waals surface area contributed by atoms with E-state index in [1.807, 2.05) is 0 Å². The number of nitrogens with one attached hydrogen (secondary N) is 1. The Labute approximate surface area is 65.6 Å². The molecule has 0 aromatic rings. The molecule has 0 spiro atoms. The summed E-state index contributed by atoms with van der Waals surface area (Å²) >= 11 is 0. The standard InChI is InChI=1S/C7H12N4/c8-11-10-7-2-1-5-3-9-4-6(5)7/h5-7,9H,1-4H2/t5-,6+,7?/m1/s1. The van der Waals surface area contributed by atoms with E-state index in [0.29, 0.717) is 5.92 Å². The first kappa shape index (κ1) is 6.95. The van der Waals surface area contributed by atoms with Crippen molar-refractivity contribution in [2.45, 2.75) is 18.9 Å². The second-order valence-electron chi connectivity index (χ2n) is 3.43. The number of fused-ring (bicyclic) bond motifs is 1. The van der Waals surface area contributed by atoms with Gasteiger partial charge in [0.05, 0.1) is 0 Å². The average Bonchev–Trinajstić information content (AvgIpc) is 2.53. The minimum absolute atomic E-state index is 0.278. The first-order valence-electron chi connectivity index (χ1n) is 4.16. The molecule has 0 radical (unpaired) electrons. The normalized spacial score (nSPS) is 41.6. The van der Waals surface area contributed by atoms with Gasteiger partial charge in [0.15, 0.2) is 0 Å². The summed E-state index contributed by atoms with van der Waals surface area (Å²) in [5.41, 5.74) is 8.28. The number of rotatable bonds is 1. The van der Waals surface area contributed by atoms with Crippen LogP contribution < -0.4 is 5.32 Å². The van der Waals surface area contributed by atoms with E-state index in [1.165, 1.54) is 6.42 Å². The number of hydrogen-bond donors (Lipinski definition) is 1. The van der Waals surface area contributed by atoms with Gasteiger partial charge in [0.2, 0.25) is 0 Å². The van der Waals surface area contributed by atoms with Gasteiger partial charge in [-0.2, -0.15) is 0 Å². The molecule has 3 atom stereocenters. The van der Waals surface area contributed by atoms with Crippen molar-refractivity contribution in [2.24, 2.45) is 17.0 Å². The maximum Gasteiger partial charge on any atom is 0.0417 e. The number of hydrogen-bond acceptors (Lipinski definition) is 2. The molecule has 1 aliphatic carbocycles. The van der Waals surface area contributed by atoms with Crippen LogP contribution in [-0.4, -0.2) is 19.1 Å². The quantitative estimate of drug-likeness (QED) is 0.343. The van der Waals surface area contributed by atoms with Crippen molar-refractivity contribution in [3.8, 4) is 0 Å². The predicted molar refractivity (Wildman–Crippen MR) is 42.0 cm³/mol. The van der Waals surface area contributed by atoms with Gasteiger partial charge >= 0.3 is 0 Å². The Morgan fingerprint density at radius 2 is 2.27 bits per heavy atom. The average molecular weight is 152 g/mol. The van der Waals surface area contributed by atoms with E-state index < -0.39 is 0 Å². The van der Waals surface area contributed by atoms with Crippen LogP contribution in [0.2, 0.25) is 0 Å². The minimum Gasteiger partial charge on any atom is -0.316 e. The summed E-state index contributed by atoms with van der Waals surface area (Å²) in [6, 6.07) is 0.278. The van der Waals surface area contributed by atoms with E-state index in [2.05, 4.69) is 15.3 Å². The molecule has 1 aliphatic heterocycles. The molecule has 60 valence electrons. The summed E-state index contributed by atoms with van der Waals surface area (Å²) in [5.74, 6) is 1.41. The zero-order chi connectivity index (χ0) is 7.68. The highest BCUT2D eigenvalue weighted by molar-refractivity contribution is 4.95. The van der Waals surface area contributed by atoms with Crippen molar-refractivity contribution in [1.29, 1.82) is 0 Å². The van der Waals surface area contributed by atoms with Gasteiger partial charge in [0.1, 0.15) is 0 Å². The van der Waals surface area contributed by atoms with Crippen molar-refractivity contribution < 1.29 is 0 Å². The SMILES string of the molecule is [N-]=[N+]=NC1CC[C@@H]2CNC[C@H]12. The molecule has 4 nitrogen and oxygen atoms in total. The summed E-state index contributed by atoms with van der Waals surface area (Å²) in [6.07, 6.45) is 2.34. The highest BCUT2D eigenvalue weighted by Gasteiger charge is 2.38. The summed E-state index contributed by atoms with van der Waals surface area (Å²) in [5, 5.41) is 7.14. The molecule has 11 heavy (non-hydrogen) atoms. The summed E-state index contributed by atoms with van der Waals surface area (Å²) in [4.78, 5) is 2.88. The zero-order valence-corrected chi connectivity index (χ0v) is 6.40. The van der Waals surface area contributed by atoms with E-state index in [4.69, 9.17) is 5.53 Å². The van der Waals surface area contributed by atoms with Crippen LogP contribution in [0.15, 0.2) is 5.11 Å². The molecule has 0 amide bonds. The zero-order valence-electron chi connectivity index (χ0n) is 6.40. The summed E-state index contributed by atoms with van der Waals surface area (Å²) in [6.45, 7) is 2.18. The van der Waals surface area contributed by atoms with Crippen LogP contribution in [0.1, 0.15) is 12.8 Å². The fraction of sp³-hybridized carbons (Fsp3) is 1.00. The Kier molecular flexibility index (Phi) is 1.72. The van der Waals surface area contributed by atoms with Crippen molar-refractivity contribution in [3.63, 3.8) is 0 Å². The highest BCUT2D eigenvalue weighted by Crippen LogP contribution is 2.36. The van der Waals surface area contributed by atoms with E-state index in [9.17, 15) is 0 Å². The number of nitrogens with zero attached hydrogens (tertiary/aromatic N) is 3. The first-order valence-corrected chi connectivity index (χ1v) is 4.16. The molecule has 1 saturated heterocycles. The van der Waals surface area contributed by atoms with Gasteiger partial charge in [-0.3, -0.25) is 0 Å². The van der Waals surface area contributed by atoms with Gasteiger partial charge in [0.25, 0.3) is 0 Å². The molecular weight excluding hydrogens is 140 g/mol. The van der Waals surface area contributed by atoms with Gasteiger partial charge in [0, 0.05) is 11.0 Å². The van der Waals surface area contributed by atoms with Gasteiger partial charge in [-0.15, -0.1) is 0 Å². The molecule has 2 aliphatic rings. The van der Waals surface area contributed by atoms with Crippen molar-refractivity contribution in [3.05, 3.63) is 10.4 Å². The lowest BCUT2D eigenvalue weighted by atomic mass is 9.98. The van der Waals surface area contributed by atoms with Crippen LogP contribution in [0.25, 0.3) is 10.4 Å². The van der Waals surface area contributed by atoms with Gasteiger partial charge in [-0.1, -0.05) is 5.11 Å². The Morgan fingerprint density at radius 1 is 1.36 bits per heavy atom. The smallest absolute Gasteiger partial charge is 0.0417 e. The summed E-state index contributed by atoms with van der Waals surface area (Å²) < 4.78 is 0. The molecule has 0 aromatic heterocycles. The van der Waals surface area contributed by atoms with Crippen LogP contribution in [0, 0.1) is 11.8 Å². The lowest BCUT2D eigenvalue weighted by molar-refractivity contribution is 0.452. The third kappa shape index (κ3) is 1.08. The van der Waals surface area contributed by atoms with Crippen LogP contribution in [-0.2, 0) is 0 Å². The lowest BCUT2D eigenvalue weighted by Gasteiger charge is -2.10. The number of azide groups is 1. The van der Waals surface area contributed by atoms with Crippen molar-refractivity contribution in [1.82, 2.24) is 5.32 Å². The van der Waals surface area contributed by atoms with E-state index >= 15 is 0 Å². The van der Waals surface area contributed by atoms with E-state index in [1.54, 1.807) is 0 Å². The van der Waals surface area contributed by atoms with E-state index in [0.717, 1.165) is 25.4 Å². The van der Waals surface area contributed by atoms with Crippen LogP contribution in [0.3, 0.4) is 0 Å². The third-order valence-corrected chi connectivity index (χ3v) is 2.92. The van der Waals surface area contributed by atoms with Crippen LogP contribution in [0.5, 0.6) is 0 Å². The molecular formula is C7H12N4. The second-order valence-corrected chi connectivity index (χ2v) is 3.43. The lowest BCUT2D eigenvalue weighted by Crippen LogP contribution is -2.18. The Hall–Kier alpha value is -0.730.